The lowest BCUT2D eigenvalue weighted by Gasteiger charge is -2.19. The van der Waals surface area contributed by atoms with Crippen molar-refractivity contribution in [2.24, 2.45) is 0 Å². The number of aromatic nitrogens is 3. The third-order valence-corrected chi connectivity index (χ3v) is 4.95. The standard InChI is InChI=1S/C21H19N5O2/c27-13-7-8-16-17(10-13)25-20(24-16)18-19(23-12-4-3-9-22-11-12)14-5-1-2-6-15(14)26-21(18)28/h1-2,5-8,10-11,22,27H,3-4,9H2,(H,24,25)(H2,23,26,28). The molecule has 2 aromatic heterocycles. The number of fused-ring (bicyclic) bond motifs is 2. The second-order valence-electron chi connectivity index (χ2n) is 6.89. The van der Waals surface area contributed by atoms with Crippen LogP contribution in [0.3, 0.4) is 0 Å². The fourth-order valence-electron chi connectivity index (χ4n) is 3.62. The molecule has 2 aromatic carbocycles. The van der Waals surface area contributed by atoms with E-state index in [2.05, 4.69) is 25.6 Å². The summed E-state index contributed by atoms with van der Waals surface area (Å²) in [5.74, 6) is 0.603. The highest BCUT2D eigenvalue weighted by atomic mass is 16.3. The van der Waals surface area contributed by atoms with Crippen molar-refractivity contribution < 1.29 is 5.11 Å². The number of rotatable bonds is 3. The number of aromatic amines is 2. The second kappa shape index (κ2) is 6.45. The molecule has 0 bridgehead atoms. The predicted molar refractivity (Wildman–Crippen MR) is 110 cm³/mol. The van der Waals surface area contributed by atoms with Crippen molar-refractivity contribution >= 4 is 27.6 Å². The molecule has 4 aromatic rings. The fourth-order valence-corrected chi connectivity index (χ4v) is 3.62. The molecule has 0 aliphatic carbocycles. The lowest BCUT2D eigenvalue weighted by atomic mass is 10.1. The molecule has 0 radical (unpaired) electrons. The fraction of sp³-hybridized carbons (Fsp3) is 0.143. The number of benzene rings is 2. The Morgan fingerprint density at radius 2 is 1.96 bits per heavy atom. The van der Waals surface area contributed by atoms with E-state index in [1.165, 1.54) is 0 Å². The first-order valence-corrected chi connectivity index (χ1v) is 9.22. The van der Waals surface area contributed by atoms with Crippen LogP contribution in [0.1, 0.15) is 12.8 Å². The molecule has 0 saturated heterocycles. The van der Waals surface area contributed by atoms with Crippen molar-refractivity contribution in [2.45, 2.75) is 12.8 Å². The zero-order valence-electron chi connectivity index (χ0n) is 15.0. The van der Waals surface area contributed by atoms with Crippen molar-refractivity contribution in [3.8, 4) is 17.1 Å². The zero-order chi connectivity index (χ0) is 19.1. The van der Waals surface area contributed by atoms with Gasteiger partial charge >= 0.3 is 0 Å². The van der Waals surface area contributed by atoms with E-state index in [1.807, 2.05) is 30.5 Å². The number of hydrogen-bond donors (Lipinski definition) is 5. The Balaban J connectivity index is 1.76. The maximum absolute atomic E-state index is 13.0. The summed E-state index contributed by atoms with van der Waals surface area (Å²) < 4.78 is 0. The Morgan fingerprint density at radius 3 is 2.82 bits per heavy atom. The van der Waals surface area contributed by atoms with Crippen molar-refractivity contribution in [1.82, 2.24) is 20.3 Å². The molecule has 5 N–H and O–H groups in total. The van der Waals surface area contributed by atoms with Crippen LogP contribution in [0.4, 0.5) is 5.69 Å². The topological polar surface area (TPSA) is 106 Å². The van der Waals surface area contributed by atoms with Crippen LogP contribution in [0.15, 0.2) is 59.2 Å². The summed E-state index contributed by atoms with van der Waals surface area (Å²) in [6, 6.07) is 12.6. The Hall–Kier alpha value is -3.74. The van der Waals surface area contributed by atoms with E-state index in [0.29, 0.717) is 22.4 Å². The molecule has 1 aliphatic rings. The van der Waals surface area contributed by atoms with E-state index in [9.17, 15) is 9.90 Å². The molecule has 7 heteroatoms. The van der Waals surface area contributed by atoms with E-state index in [-0.39, 0.29) is 11.3 Å². The van der Waals surface area contributed by atoms with E-state index >= 15 is 0 Å². The van der Waals surface area contributed by atoms with E-state index in [4.69, 9.17) is 0 Å². The first kappa shape index (κ1) is 16.4. The number of aromatic hydroxyl groups is 1. The van der Waals surface area contributed by atoms with Crippen molar-refractivity contribution in [2.75, 3.05) is 11.9 Å². The highest BCUT2D eigenvalue weighted by Gasteiger charge is 2.19. The van der Waals surface area contributed by atoms with Gasteiger partial charge in [-0.2, -0.15) is 0 Å². The quantitative estimate of drug-likeness (QED) is 0.378. The Bertz CT molecular complexity index is 1290. The van der Waals surface area contributed by atoms with Gasteiger partial charge in [0.25, 0.3) is 5.56 Å². The maximum Gasteiger partial charge on any atom is 0.261 e. The third-order valence-electron chi connectivity index (χ3n) is 4.95. The normalized spacial score (nSPS) is 14.1. The highest BCUT2D eigenvalue weighted by molar-refractivity contribution is 5.99. The largest absolute Gasteiger partial charge is 0.508 e. The smallest absolute Gasteiger partial charge is 0.261 e. The Kier molecular flexibility index (Phi) is 3.79. The molecule has 7 nitrogen and oxygen atoms in total. The summed E-state index contributed by atoms with van der Waals surface area (Å²) >= 11 is 0. The number of nitrogens with zero attached hydrogens (tertiary/aromatic N) is 1. The van der Waals surface area contributed by atoms with Gasteiger partial charge < -0.3 is 25.7 Å². The molecular weight excluding hydrogens is 354 g/mol. The van der Waals surface area contributed by atoms with Crippen LogP contribution in [-0.2, 0) is 0 Å². The minimum absolute atomic E-state index is 0.145. The molecule has 28 heavy (non-hydrogen) atoms. The number of pyridine rings is 1. The minimum atomic E-state index is -0.228. The summed E-state index contributed by atoms with van der Waals surface area (Å²) in [5, 5.41) is 17.3. The summed E-state index contributed by atoms with van der Waals surface area (Å²) in [4.78, 5) is 23.7. The van der Waals surface area contributed by atoms with Gasteiger partial charge in [-0.05, 0) is 31.0 Å². The van der Waals surface area contributed by atoms with Gasteiger partial charge in [-0.1, -0.05) is 18.2 Å². The van der Waals surface area contributed by atoms with Gasteiger partial charge in [-0.3, -0.25) is 4.79 Å². The van der Waals surface area contributed by atoms with Crippen LogP contribution in [0.2, 0.25) is 0 Å². The average molecular weight is 373 g/mol. The lowest BCUT2D eigenvalue weighted by Crippen LogP contribution is -2.19. The maximum atomic E-state index is 13.0. The van der Waals surface area contributed by atoms with Crippen LogP contribution >= 0.6 is 0 Å². The molecule has 140 valence electrons. The molecule has 0 fully saturated rings. The molecule has 3 heterocycles. The number of anilines is 1. The van der Waals surface area contributed by atoms with Crippen molar-refractivity contribution in [3.63, 3.8) is 0 Å². The van der Waals surface area contributed by atoms with Gasteiger partial charge in [0.1, 0.15) is 17.1 Å². The summed E-state index contributed by atoms with van der Waals surface area (Å²) in [6.07, 6.45) is 3.89. The van der Waals surface area contributed by atoms with Crippen LogP contribution in [0.25, 0.3) is 33.3 Å². The van der Waals surface area contributed by atoms with E-state index < -0.39 is 0 Å². The van der Waals surface area contributed by atoms with E-state index in [0.717, 1.165) is 41.7 Å². The minimum Gasteiger partial charge on any atom is -0.508 e. The number of nitrogens with one attached hydrogen (secondary N) is 4. The number of imidazole rings is 1. The number of allylic oxidation sites excluding steroid dienone is 1. The third kappa shape index (κ3) is 2.77. The number of hydrogen-bond acceptors (Lipinski definition) is 5. The van der Waals surface area contributed by atoms with Gasteiger partial charge in [-0.25, -0.2) is 4.98 Å². The molecule has 0 spiro atoms. The summed E-state index contributed by atoms with van der Waals surface area (Å²) in [7, 11) is 0. The summed E-state index contributed by atoms with van der Waals surface area (Å²) in [5.41, 5.74) is 4.08. The molecule has 0 unspecified atom stereocenters. The zero-order valence-corrected chi connectivity index (χ0v) is 15.0. The van der Waals surface area contributed by atoms with Crippen molar-refractivity contribution in [1.29, 1.82) is 0 Å². The average Bonchev–Trinajstić information content (AvgIpc) is 3.11. The Labute approximate surface area is 160 Å². The Morgan fingerprint density at radius 1 is 1.07 bits per heavy atom. The molecule has 0 atom stereocenters. The first-order chi connectivity index (χ1) is 13.7. The van der Waals surface area contributed by atoms with Gasteiger partial charge in [0.2, 0.25) is 0 Å². The van der Waals surface area contributed by atoms with Gasteiger partial charge in [0, 0.05) is 29.9 Å². The van der Waals surface area contributed by atoms with Crippen LogP contribution in [0.5, 0.6) is 5.75 Å². The molecule has 0 amide bonds. The molecule has 0 saturated carbocycles. The molecular formula is C21H19N5O2. The molecule has 5 rings (SSSR count). The SMILES string of the molecule is O=c1[nH]c2ccccc2c(NC2=CNCCC2)c1-c1nc2ccc(O)cc2[nH]1. The van der Waals surface area contributed by atoms with Gasteiger partial charge in [-0.15, -0.1) is 0 Å². The number of H-pyrrole nitrogens is 2. The predicted octanol–water partition coefficient (Wildman–Crippen LogP) is 3.41. The number of phenols is 1. The van der Waals surface area contributed by atoms with Gasteiger partial charge in [0.05, 0.1) is 22.2 Å². The summed E-state index contributed by atoms with van der Waals surface area (Å²) in [6.45, 7) is 0.946. The van der Waals surface area contributed by atoms with Crippen LogP contribution in [0, 0.1) is 0 Å². The lowest BCUT2D eigenvalue weighted by molar-refractivity contribution is 0.476. The van der Waals surface area contributed by atoms with Gasteiger partial charge in [0.15, 0.2) is 0 Å². The van der Waals surface area contributed by atoms with Crippen molar-refractivity contribution in [3.05, 3.63) is 64.7 Å². The monoisotopic (exact) mass is 373 g/mol. The first-order valence-electron chi connectivity index (χ1n) is 9.22. The van der Waals surface area contributed by atoms with E-state index in [1.54, 1.807) is 18.2 Å². The number of phenolic OH excluding ortho intramolecular Hbond substituents is 1. The molecule has 1 aliphatic heterocycles. The highest BCUT2D eigenvalue weighted by Crippen LogP contribution is 2.32. The van der Waals surface area contributed by atoms with Crippen LogP contribution < -0.4 is 16.2 Å². The van der Waals surface area contributed by atoms with Crippen LogP contribution in [-0.4, -0.2) is 26.6 Å². The number of para-hydroxylation sites is 1. The second-order valence-corrected chi connectivity index (χ2v) is 6.89.